The first-order chi connectivity index (χ1) is 13.8. The minimum atomic E-state index is -0.495. The molecular formula is C20H24Cl2N4O3. The molecule has 1 unspecified atom stereocenters. The van der Waals surface area contributed by atoms with E-state index >= 15 is 0 Å². The number of carbonyl (C=O) groups excluding carboxylic acids is 2. The molecule has 0 spiro atoms. The second-order valence-corrected chi connectivity index (χ2v) is 8.09. The van der Waals surface area contributed by atoms with Crippen molar-refractivity contribution in [3.05, 3.63) is 33.6 Å². The summed E-state index contributed by atoms with van der Waals surface area (Å²) in [5, 5.41) is 3.16. The minimum Gasteiger partial charge on any atom is -0.381 e. The molecule has 0 saturated carbocycles. The van der Waals surface area contributed by atoms with Crippen LogP contribution < -0.4 is 10.2 Å². The highest BCUT2D eigenvalue weighted by Gasteiger charge is 2.27. The fourth-order valence-corrected chi connectivity index (χ4v) is 4.10. The van der Waals surface area contributed by atoms with E-state index < -0.39 is 11.8 Å². The number of halogens is 2. The lowest BCUT2D eigenvalue weighted by molar-refractivity contribution is -0.120. The summed E-state index contributed by atoms with van der Waals surface area (Å²) >= 11 is 12.7. The largest absolute Gasteiger partial charge is 0.381 e. The summed E-state index contributed by atoms with van der Waals surface area (Å²) in [7, 11) is 1.92. The van der Waals surface area contributed by atoms with Crippen LogP contribution in [-0.4, -0.2) is 55.4 Å². The maximum absolute atomic E-state index is 12.8. The third-order valence-corrected chi connectivity index (χ3v) is 5.84. The fourth-order valence-electron chi connectivity index (χ4n) is 3.60. The van der Waals surface area contributed by atoms with E-state index in [-0.39, 0.29) is 34.4 Å². The molecule has 2 aliphatic heterocycles. The Labute approximate surface area is 180 Å². The molecule has 156 valence electrons. The SMILES string of the molecule is CC1=CC(C)=NC(=O)C1CNC(=O)c1nc(Cl)cc(N(C)C2CCOCC2)c1Cl. The number of hydrogen-bond acceptors (Lipinski definition) is 5. The third-order valence-electron chi connectivity index (χ3n) is 5.28. The average Bonchev–Trinajstić information content (AvgIpc) is 2.68. The Hall–Kier alpha value is -1.96. The maximum atomic E-state index is 12.8. The lowest BCUT2D eigenvalue weighted by Gasteiger charge is -2.33. The number of nitrogens with zero attached hydrogens (tertiary/aromatic N) is 3. The Morgan fingerprint density at radius 1 is 1.31 bits per heavy atom. The number of nitrogens with one attached hydrogen (secondary N) is 1. The molecule has 0 aromatic carbocycles. The zero-order chi connectivity index (χ0) is 21.1. The van der Waals surface area contributed by atoms with Crippen LogP contribution in [-0.2, 0) is 9.53 Å². The molecule has 2 amide bonds. The topological polar surface area (TPSA) is 83.9 Å². The number of anilines is 1. The van der Waals surface area contributed by atoms with Crippen molar-refractivity contribution in [2.45, 2.75) is 32.7 Å². The van der Waals surface area contributed by atoms with E-state index in [1.54, 1.807) is 13.0 Å². The second kappa shape index (κ2) is 9.24. The fraction of sp³-hybridized carbons (Fsp3) is 0.500. The van der Waals surface area contributed by atoms with E-state index in [1.807, 2.05) is 24.9 Å². The summed E-state index contributed by atoms with van der Waals surface area (Å²) in [6, 6.07) is 1.90. The molecule has 7 nitrogen and oxygen atoms in total. The number of carbonyl (C=O) groups is 2. The number of pyridine rings is 1. The molecule has 0 radical (unpaired) electrons. The Bertz CT molecular complexity index is 879. The van der Waals surface area contributed by atoms with Gasteiger partial charge in [0.2, 0.25) is 0 Å². The number of amides is 2. The van der Waals surface area contributed by atoms with Gasteiger partial charge in [-0.1, -0.05) is 28.8 Å². The lowest BCUT2D eigenvalue weighted by atomic mass is 9.96. The molecule has 3 heterocycles. The monoisotopic (exact) mass is 438 g/mol. The molecule has 1 saturated heterocycles. The van der Waals surface area contributed by atoms with E-state index in [2.05, 4.69) is 15.3 Å². The van der Waals surface area contributed by atoms with Crippen molar-refractivity contribution < 1.29 is 14.3 Å². The van der Waals surface area contributed by atoms with Gasteiger partial charge in [0.05, 0.1) is 16.6 Å². The van der Waals surface area contributed by atoms with Crippen LogP contribution in [0.5, 0.6) is 0 Å². The van der Waals surface area contributed by atoms with Gasteiger partial charge in [0.15, 0.2) is 5.69 Å². The van der Waals surface area contributed by atoms with Gasteiger partial charge in [-0.3, -0.25) is 9.59 Å². The van der Waals surface area contributed by atoms with Gasteiger partial charge in [0.1, 0.15) is 5.15 Å². The first kappa shape index (κ1) is 21.7. The quantitative estimate of drug-likeness (QED) is 0.712. The number of aromatic nitrogens is 1. The van der Waals surface area contributed by atoms with Crippen molar-refractivity contribution in [1.29, 1.82) is 0 Å². The summed E-state index contributed by atoms with van der Waals surface area (Å²) < 4.78 is 5.41. The molecule has 29 heavy (non-hydrogen) atoms. The first-order valence-corrected chi connectivity index (χ1v) is 10.3. The number of rotatable bonds is 5. The first-order valence-electron chi connectivity index (χ1n) is 9.50. The number of allylic oxidation sites excluding steroid dienone is 1. The highest BCUT2D eigenvalue weighted by atomic mass is 35.5. The zero-order valence-corrected chi connectivity index (χ0v) is 18.2. The van der Waals surface area contributed by atoms with Gasteiger partial charge >= 0.3 is 0 Å². The van der Waals surface area contributed by atoms with E-state index in [0.717, 1.165) is 18.4 Å². The molecule has 1 fully saturated rings. The average molecular weight is 439 g/mol. The number of hydrogen-bond donors (Lipinski definition) is 1. The van der Waals surface area contributed by atoms with E-state index in [9.17, 15) is 9.59 Å². The summed E-state index contributed by atoms with van der Waals surface area (Å²) in [6.07, 6.45) is 3.57. The van der Waals surface area contributed by atoms with E-state index in [4.69, 9.17) is 27.9 Å². The summed E-state index contributed by atoms with van der Waals surface area (Å²) in [6.45, 7) is 5.10. The Morgan fingerprint density at radius 3 is 2.66 bits per heavy atom. The van der Waals surface area contributed by atoms with Crippen LogP contribution in [0, 0.1) is 5.92 Å². The van der Waals surface area contributed by atoms with Gasteiger partial charge in [0.25, 0.3) is 11.8 Å². The van der Waals surface area contributed by atoms with Crippen LogP contribution in [0.1, 0.15) is 37.2 Å². The van der Waals surface area contributed by atoms with Gasteiger partial charge < -0.3 is 15.0 Å². The minimum absolute atomic E-state index is 0.0395. The van der Waals surface area contributed by atoms with Crippen LogP contribution in [0.4, 0.5) is 5.69 Å². The molecule has 2 aliphatic rings. The normalized spacial score (nSPS) is 20.2. The Balaban J connectivity index is 1.76. The van der Waals surface area contributed by atoms with Crippen molar-refractivity contribution >= 4 is 46.4 Å². The van der Waals surface area contributed by atoms with Gasteiger partial charge in [-0.2, -0.15) is 0 Å². The van der Waals surface area contributed by atoms with Crippen LogP contribution in [0.15, 0.2) is 22.7 Å². The summed E-state index contributed by atoms with van der Waals surface area (Å²) in [5.41, 5.74) is 2.20. The van der Waals surface area contributed by atoms with Gasteiger partial charge in [-0.05, 0) is 32.8 Å². The predicted molar refractivity (Wildman–Crippen MR) is 114 cm³/mol. The van der Waals surface area contributed by atoms with E-state index in [0.29, 0.717) is 24.6 Å². The Kier molecular flexibility index (Phi) is 6.93. The van der Waals surface area contributed by atoms with Crippen molar-refractivity contribution in [3.8, 4) is 0 Å². The molecule has 0 aliphatic carbocycles. The van der Waals surface area contributed by atoms with Gasteiger partial charge in [-0.25, -0.2) is 9.98 Å². The third kappa shape index (κ3) is 4.97. The highest BCUT2D eigenvalue weighted by molar-refractivity contribution is 6.37. The van der Waals surface area contributed by atoms with Crippen LogP contribution in [0.25, 0.3) is 0 Å². The van der Waals surface area contributed by atoms with Gasteiger partial charge in [-0.15, -0.1) is 0 Å². The number of aliphatic imine (C=N–C) groups is 1. The van der Waals surface area contributed by atoms with E-state index in [1.165, 1.54) is 0 Å². The molecular weight excluding hydrogens is 415 g/mol. The van der Waals surface area contributed by atoms with Crippen molar-refractivity contribution in [2.75, 3.05) is 31.7 Å². The molecule has 1 N–H and O–H groups in total. The Morgan fingerprint density at radius 2 is 2.00 bits per heavy atom. The number of dihydropyridines is 1. The molecule has 0 bridgehead atoms. The standard InChI is InChI=1S/C20H24Cl2N4O3/c1-11-8-12(2)24-19(27)14(11)10-23-20(28)18-17(22)15(9-16(21)25-18)26(3)13-4-6-29-7-5-13/h8-9,13-14H,4-7,10H2,1-3H3,(H,23,28). The summed E-state index contributed by atoms with van der Waals surface area (Å²) in [4.78, 5) is 35.0. The zero-order valence-electron chi connectivity index (χ0n) is 16.7. The summed E-state index contributed by atoms with van der Waals surface area (Å²) in [5.74, 6) is -1.25. The van der Waals surface area contributed by atoms with Crippen LogP contribution >= 0.6 is 23.2 Å². The smallest absolute Gasteiger partial charge is 0.271 e. The molecule has 1 aromatic rings. The van der Waals surface area contributed by atoms with Crippen LogP contribution in [0.2, 0.25) is 10.2 Å². The molecule has 9 heteroatoms. The number of ether oxygens (including phenoxy) is 1. The van der Waals surface area contributed by atoms with Crippen molar-refractivity contribution in [3.63, 3.8) is 0 Å². The highest BCUT2D eigenvalue weighted by Crippen LogP contribution is 2.33. The lowest BCUT2D eigenvalue weighted by Crippen LogP contribution is -2.37. The van der Waals surface area contributed by atoms with Crippen molar-refractivity contribution in [1.82, 2.24) is 10.3 Å². The van der Waals surface area contributed by atoms with Gasteiger partial charge in [0, 0.05) is 44.6 Å². The predicted octanol–water partition coefficient (Wildman–Crippen LogP) is 3.30. The molecule has 3 rings (SSSR count). The molecule has 1 atom stereocenters. The van der Waals surface area contributed by atoms with Crippen molar-refractivity contribution in [2.24, 2.45) is 10.9 Å². The second-order valence-electron chi connectivity index (χ2n) is 7.32. The molecule has 1 aromatic heterocycles. The van der Waals surface area contributed by atoms with Crippen LogP contribution in [0.3, 0.4) is 0 Å². The maximum Gasteiger partial charge on any atom is 0.271 e.